The van der Waals surface area contributed by atoms with Gasteiger partial charge in [-0.1, -0.05) is 24.3 Å². The number of aromatic carboxylic acids is 2. The highest BCUT2D eigenvalue weighted by atomic mass is 32.1. The maximum absolute atomic E-state index is 11.5. The first kappa shape index (κ1) is 36.8. The summed E-state index contributed by atoms with van der Waals surface area (Å²) in [5.41, 5.74) is 3.08. The molecule has 2 aromatic heterocycles. The van der Waals surface area contributed by atoms with Crippen molar-refractivity contribution in [3.63, 3.8) is 0 Å². The Balaban J connectivity index is 1.43. The lowest BCUT2D eigenvalue weighted by atomic mass is 10.1. The van der Waals surface area contributed by atoms with Crippen molar-refractivity contribution in [1.82, 2.24) is 19.8 Å². The minimum absolute atomic E-state index is 0.00154. The third kappa shape index (κ3) is 13.3. The van der Waals surface area contributed by atoms with Crippen molar-refractivity contribution >= 4 is 35.0 Å². The van der Waals surface area contributed by atoms with E-state index in [4.69, 9.17) is 31.2 Å². The summed E-state index contributed by atoms with van der Waals surface area (Å²) in [5, 5.41) is 21.1. The fourth-order valence-corrected chi connectivity index (χ4v) is 5.13. The first-order valence-corrected chi connectivity index (χ1v) is 16.1. The third-order valence-corrected chi connectivity index (χ3v) is 7.58. The Hall–Kier alpha value is -3.98. The topological polar surface area (TPSA) is 156 Å². The zero-order valence-corrected chi connectivity index (χ0v) is 27.6. The van der Waals surface area contributed by atoms with Gasteiger partial charge in [-0.3, -0.25) is 9.80 Å². The number of hydrogen-bond donors (Lipinski definition) is 2. The van der Waals surface area contributed by atoms with Crippen LogP contribution < -0.4 is 0 Å². The van der Waals surface area contributed by atoms with Gasteiger partial charge in [-0.25, -0.2) is 19.6 Å². The van der Waals surface area contributed by atoms with Crippen LogP contribution >= 0.6 is 12.2 Å². The molecule has 1 saturated heterocycles. The monoisotopic (exact) mass is 679 g/mol. The van der Waals surface area contributed by atoms with Crippen LogP contribution in [0.25, 0.3) is 0 Å². The molecule has 1 unspecified atom stereocenters. The number of ether oxygens (including phenoxy) is 4. The van der Waals surface area contributed by atoms with Crippen molar-refractivity contribution in [1.29, 1.82) is 0 Å². The van der Waals surface area contributed by atoms with Crippen LogP contribution in [0.1, 0.15) is 37.9 Å². The van der Waals surface area contributed by atoms with Gasteiger partial charge in [0.25, 0.3) is 0 Å². The Morgan fingerprint density at radius 2 is 1.27 bits per heavy atom. The molecule has 0 spiro atoms. The Morgan fingerprint density at radius 3 is 1.79 bits per heavy atom. The van der Waals surface area contributed by atoms with Gasteiger partial charge < -0.3 is 29.2 Å². The fraction of sp³-hybridized carbons (Fsp3) is 0.441. The van der Waals surface area contributed by atoms with E-state index in [1.807, 2.05) is 36.4 Å². The number of isothiocyanates is 1. The summed E-state index contributed by atoms with van der Waals surface area (Å²) in [6.07, 6.45) is 0.358. The molecule has 1 aliphatic heterocycles. The van der Waals surface area contributed by atoms with Gasteiger partial charge in [-0.15, -0.1) is 0 Å². The van der Waals surface area contributed by atoms with E-state index < -0.39 is 11.9 Å². The zero-order valence-electron chi connectivity index (χ0n) is 26.7. The highest BCUT2D eigenvalue weighted by Crippen LogP contribution is 2.15. The van der Waals surface area contributed by atoms with Gasteiger partial charge in [0.1, 0.15) is 11.4 Å². The minimum Gasteiger partial charge on any atom is -0.477 e. The average molecular weight is 680 g/mol. The zero-order chi connectivity index (χ0) is 34.0. The molecule has 0 saturated carbocycles. The van der Waals surface area contributed by atoms with Gasteiger partial charge in [0, 0.05) is 45.7 Å². The quantitative estimate of drug-likeness (QED) is 0.250. The molecule has 0 radical (unpaired) electrons. The van der Waals surface area contributed by atoms with Gasteiger partial charge in [-0.2, -0.15) is 4.99 Å². The van der Waals surface area contributed by atoms with Crippen molar-refractivity contribution in [3.05, 3.63) is 89.0 Å². The van der Waals surface area contributed by atoms with Crippen LogP contribution in [0.4, 0.5) is 5.69 Å². The Labute approximate surface area is 285 Å². The van der Waals surface area contributed by atoms with Crippen molar-refractivity contribution in [2.75, 3.05) is 72.4 Å². The van der Waals surface area contributed by atoms with Crippen molar-refractivity contribution in [2.45, 2.75) is 25.6 Å². The molecule has 0 aliphatic carbocycles. The van der Waals surface area contributed by atoms with Gasteiger partial charge in [-0.05, 0) is 54.2 Å². The molecule has 48 heavy (non-hydrogen) atoms. The van der Waals surface area contributed by atoms with E-state index in [1.54, 1.807) is 12.1 Å². The number of aliphatic imine (C=N–C) groups is 1. The maximum atomic E-state index is 11.5. The normalized spacial score (nSPS) is 18.2. The first-order chi connectivity index (χ1) is 23.4. The lowest BCUT2D eigenvalue weighted by Crippen LogP contribution is -2.35. The fourth-order valence-electron chi connectivity index (χ4n) is 5.03. The van der Waals surface area contributed by atoms with Crippen LogP contribution in [0.15, 0.2) is 65.7 Å². The second-order valence-electron chi connectivity index (χ2n) is 11.1. The minimum atomic E-state index is -1.07. The molecule has 0 amide bonds. The molecule has 3 heterocycles. The number of hydrogen-bond acceptors (Lipinski definition) is 12. The average Bonchev–Trinajstić information content (AvgIpc) is 3.08. The first-order valence-electron chi connectivity index (χ1n) is 15.7. The van der Waals surface area contributed by atoms with E-state index in [2.05, 4.69) is 29.9 Å². The lowest BCUT2D eigenvalue weighted by Gasteiger charge is -2.25. The standard InChI is InChI=1S/C34H41N5O8S/c40-33(41)31-5-1-3-28(36-31)22-38-11-15-44-19-20-45-16-12-39(23-29-4-2-6-32(37-29)34(42)43)14-18-47-30(24-46-17-13-38)21-26-7-9-27(10-8-26)35-25-48/h1-10,30H,11-24H2,(H,40,41)(H,42,43). The molecule has 3 aromatic rings. The van der Waals surface area contributed by atoms with Crippen LogP contribution in [0.2, 0.25) is 0 Å². The second kappa shape index (κ2) is 20.4. The van der Waals surface area contributed by atoms with Gasteiger partial charge >= 0.3 is 11.9 Å². The number of rotatable bonds is 9. The Morgan fingerprint density at radius 1 is 0.750 bits per heavy atom. The Bertz CT molecular complexity index is 1500. The van der Waals surface area contributed by atoms with Crippen LogP contribution in [-0.4, -0.2) is 126 Å². The van der Waals surface area contributed by atoms with Crippen LogP contribution in [0.5, 0.6) is 0 Å². The number of pyridine rings is 2. The van der Waals surface area contributed by atoms with E-state index in [-0.39, 0.29) is 17.5 Å². The van der Waals surface area contributed by atoms with E-state index in [9.17, 15) is 19.8 Å². The summed E-state index contributed by atoms with van der Waals surface area (Å²) >= 11 is 4.72. The van der Waals surface area contributed by atoms with Crippen LogP contribution in [-0.2, 0) is 38.5 Å². The summed E-state index contributed by atoms with van der Waals surface area (Å²) in [6.45, 7) is 6.11. The maximum Gasteiger partial charge on any atom is 0.354 e. The van der Waals surface area contributed by atoms with E-state index >= 15 is 0 Å². The number of nitrogens with zero attached hydrogens (tertiary/aromatic N) is 5. The number of thiocarbonyl (C=S) groups is 1. The number of benzene rings is 1. The predicted molar refractivity (Wildman–Crippen MR) is 180 cm³/mol. The molecule has 13 nitrogen and oxygen atoms in total. The molecule has 1 fully saturated rings. The SMILES string of the molecule is O=C(O)c1cccc(CN2CCOCCOCCN(Cc3cccc(C(=O)O)n3)CCOC(Cc3ccc(N=C=S)cc3)COCC2)n1. The summed E-state index contributed by atoms with van der Waals surface area (Å²) in [5.74, 6) is -2.14. The molecule has 256 valence electrons. The number of carboxylic acids is 2. The van der Waals surface area contributed by atoms with E-state index in [0.717, 1.165) is 11.3 Å². The number of aromatic nitrogens is 2. The number of carboxylic acid groups (broad SMARTS) is 2. The molecule has 1 aliphatic rings. The van der Waals surface area contributed by atoms with Crippen LogP contribution in [0.3, 0.4) is 0 Å². The summed E-state index contributed by atoms with van der Waals surface area (Å²) in [6, 6.07) is 17.7. The highest BCUT2D eigenvalue weighted by molar-refractivity contribution is 7.78. The van der Waals surface area contributed by atoms with Crippen LogP contribution in [0, 0.1) is 0 Å². The lowest BCUT2D eigenvalue weighted by molar-refractivity contribution is -0.0328. The van der Waals surface area contributed by atoms with Gasteiger partial charge in [0.2, 0.25) is 0 Å². The van der Waals surface area contributed by atoms with Crippen molar-refractivity contribution in [3.8, 4) is 0 Å². The molecule has 1 atom stereocenters. The Kier molecular flexibility index (Phi) is 15.7. The third-order valence-electron chi connectivity index (χ3n) is 7.49. The molecule has 4 rings (SSSR count). The largest absolute Gasteiger partial charge is 0.477 e. The molecule has 1 aromatic carbocycles. The van der Waals surface area contributed by atoms with Gasteiger partial charge in [0.05, 0.1) is 74.6 Å². The van der Waals surface area contributed by atoms with Gasteiger partial charge in [0.15, 0.2) is 0 Å². The predicted octanol–water partition coefficient (Wildman–Crippen LogP) is 3.60. The summed E-state index contributed by atoms with van der Waals surface area (Å²) in [4.78, 5) is 39.7. The molecule has 0 bridgehead atoms. The summed E-state index contributed by atoms with van der Waals surface area (Å²) < 4.78 is 24.2. The molecule has 14 heteroatoms. The molecular formula is C34H41N5O8S. The molecule has 2 N–H and O–H groups in total. The number of carbonyl (C=O) groups is 2. The van der Waals surface area contributed by atoms with E-state index in [1.165, 1.54) is 12.1 Å². The van der Waals surface area contributed by atoms with Crippen molar-refractivity contribution < 1.29 is 38.7 Å². The smallest absolute Gasteiger partial charge is 0.354 e. The van der Waals surface area contributed by atoms with E-state index in [0.29, 0.717) is 103 Å². The second-order valence-corrected chi connectivity index (χ2v) is 11.2. The van der Waals surface area contributed by atoms with Crippen molar-refractivity contribution in [2.24, 2.45) is 4.99 Å². The highest BCUT2D eigenvalue weighted by Gasteiger charge is 2.16. The molecular weight excluding hydrogens is 638 g/mol. The summed E-state index contributed by atoms with van der Waals surface area (Å²) in [7, 11) is 0.